The second kappa shape index (κ2) is 7.10. The van der Waals surface area contributed by atoms with Gasteiger partial charge >= 0.3 is 0 Å². The number of furan rings is 1. The molecule has 2 heterocycles. The molecular weight excluding hydrogens is 252 g/mol. The van der Waals surface area contributed by atoms with E-state index in [-0.39, 0.29) is 0 Å². The number of nitrogens with one attached hydrogen (secondary N) is 1. The summed E-state index contributed by atoms with van der Waals surface area (Å²) in [5.41, 5.74) is 2.24. The highest BCUT2D eigenvalue weighted by Gasteiger charge is 2.05. The molecule has 1 N–H and O–H groups in total. The van der Waals surface area contributed by atoms with Crippen molar-refractivity contribution in [3.05, 3.63) is 47.5 Å². The van der Waals surface area contributed by atoms with Crippen LogP contribution in [0.2, 0.25) is 0 Å². The Balaban J connectivity index is 2.04. The Morgan fingerprint density at radius 2 is 2.20 bits per heavy atom. The highest BCUT2D eigenvalue weighted by molar-refractivity contribution is 5.25. The van der Waals surface area contributed by atoms with E-state index in [4.69, 9.17) is 9.15 Å². The van der Waals surface area contributed by atoms with Crippen molar-refractivity contribution in [3.63, 3.8) is 0 Å². The molecule has 0 fully saturated rings. The molecule has 108 valence electrons. The molecule has 2 rings (SSSR count). The summed E-state index contributed by atoms with van der Waals surface area (Å²) in [6, 6.07) is 8.31. The van der Waals surface area contributed by atoms with Crippen LogP contribution in [0.25, 0.3) is 0 Å². The average molecular weight is 274 g/mol. The summed E-state index contributed by atoms with van der Waals surface area (Å²) in [7, 11) is 0. The molecule has 0 saturated carbocycles. The average Bonchev–Trinajstić information content (AvgIpc) is 2.96. The number of hydrogen-bond acceptors (Lipinski definition) is 4. The van der Waals surface area contributed by atoms with Gasteiger partial charge in [-0.15, -0.1) is 0 Å². The molecule has 0 saturated heterocycles. The van der Waals surface area contributed by atoms with Gasteiger partial charge < -0.3 is 14.5 Å². The van der Waals surface area contributed by atoms with E-state index in [0.29, 0.717) is 18.5 Å². The first-order valence-corrected chi connectivity index (χ1v) is 7.05. The van der Waals surface area contributed by atoms with E-state index in [2.05, 4.69) is 37.1 Å². The van der Waals surface area contributed by atoms with Crippen molar-refractivity contribution in [1.29, 1.82) is 0 Å². The van der Waals surface area contributed by atoms with E-state index in [1.165, 1.54) is 5.56 Å². The van der Waals surface area contributed by atoms with Gasteiger partial charge in [-0.3, -0.25) is 0 Å². The van der Waals surface area contributed by atoms with Gasteiger partial charge in [0.2, 0.25) is 5.88 Å². The van der Waals surface area contributed by atoms with Crippen LogP contribution >= 0.6 is 0 Å². The minimum absolute atomic E-state index is 0.407. The van der Waals surface area contributed by atoms with Crippen LogP contribution in [-0.4, -0.2) is 11.0 Å². The first kappa shape index (κ1) is 14.6. The zero-order valence-corrected chi connectivity index (χ0v) is 12.3. The topological polar surface area (TPSA) is 47.3 Å². The minimum Gasteiger partial charge on any atom is -0.469 e. The molecule has 0 atom stereocenters. The maximum atomic E-state index is 5.71. The van der Waals surface area contributed by atoms with Gasteiger partial charge in [0, 0.05) is 24.3 Å². The molecule has 2 aromatic rings. The largest absolute Gasteiger partial charge is 0.469 e. The summed E-state index contributed by atoms with van der Waals surface area (Å²) >= 11 is 0. The molecule has 0 aliphatic carbocycles. The van der Waals surface area contributed by atoms with Crippen molar-refractivity contribution in [2.75, 3.05) is 0 Å². The standard InChI is InChI=1S/C16H22N2O2/c1-4-14-8-13(10-17-12(2)3)9-16(18-14)20-11-15-6-5-7-19-15/h5-9,12,17H,4,10-11H2,1-3H3. The maximum absolute atomic E-state index is 5.71. The molecule has 0 aliphatic heterocycles. The molecular formula is C16H22N2O2. The van der Waals surface area contributed by atoms with Crippen LogP contribution in [0.1, 0.15) is 37.8 Å². The summed E-state index contributed by atoms with van der Waals surface area (Å²) in [6.45, 7) is 7.60. The first-order valence-electron chi connectivity index (χ1n) is 7.05. The summed E-state index contributed by atoms with van der Waals surface area (Å²) in [5, 5.41) is 3.41. The second-order valence-electron chi connectivity index (χ2n) is 5.06. The number of rotatable bonds is 7. The maximum Gasteiger partial charge on any atom is 0.214 e. The third-order valence-corrected chi connectivity index (χ3v) is 2.93. The Hall–Kier alpha value is -1.81. The molecule has 4 heteroatoms. The zero-order chi connectivity index (χ0) is 14.4. The van der Waals surface area contributed by atoms with Crippen molar-refractivity contribution in [2.45, 2.75) is 46.4 Å². The van der Waals surface area contributed by atoms with Gasteiger partial charge in [-0.1, -0.05) is 20.8 Å². The van der Waals surface area contributed by atoms with Crippen LogP contribution in [0, 0.1) is 0 Å². The fourth-order valence-corrected chi connectivity index (χ4v) is 1.84. The van der Waals surface area contributed by atoms with E-state index in [1.807, 2.05) is 18.2 Å². The van der Waals surface area contributed by atoms with Crippen molar-refractivity contribution in [2.24, 2.45) is 0 Å². The Morgan fingerprint density at radius 3 is 2.85 bits per heavy atom. The van der Waals surface area contributed by atoms with Crippen molar-refractivity contribution in [1.82, 2.24) is 10.3 Å². The van der Waals surface area contributed by atoms with Crippen LogP contribution in [0.3, 0.4) is 0 Å². The SMILES string of the molecule is CCc1cc(CNC(C)C)cc(OCc2ccco2)n1. The highest BCUT2D eigenvalue weighted by Crippen LogP contribution is 2.15. The van der Waals surface area contributed by atoms with E-state index < -0.39 is 0 Å². The molecule has 0 unspecified atom stereocenters. The fraction of sp³-hybridized carbons (Fsp3) is 0.438. The van der Waals surface area contributed by atoms with E-state index in [1.54, 1.807) is 6.26 Å². The minimum atomic E-state index is 0.407. The Kier molecular flexibility index (Phi) is 5.18. The molecule has 0 spiro atoms. The van der Waals surface area contributed by atoms with Gasteiger partial charge in [0.1, 0.15) is 12.4 Å². The Morgan fingerprint density at radius 1 is 1.35 bits per heavy atom. The number of pyridine rings is 1. The van der Waals surface area contributed by atoms with Gasteiger partial charge in [0.25, 0.3) is 0 Å². The lowest BCUT2D eigenvalue weighted by atomic mass is 10.2. The molecule has 0 aromatic carbocycles. The predicted molar refractivity (Wildman–Crippen MR) is 78.6 cm³/mol. The highest BCUT2D eigenvalue weighted by atomic mass is 16.5. The second-order valence-corrected chi connectivity index (χ2v) is 5.06. The zero-order valence-electron chi connectivity index (χ0n) is 12.3. The predicted octanol–water partition coefficient (Wildman–Crippen LogP) is 3.31. The normalized spacial score (nSPS) is 11.0. The van der Waals surface area contributed by atoms with Crippen molar-refractivity contribution < 1.29 is 9.15 Å². The van der Waals surface area contributed by atoms with E-state index >= 15 is 0 Å². The smallest absolute Gasteiger partial charge is 0.214 e. The molecule has 2 aromatic heterocycles. The summed E-state index contributed by atoms with van der Waals surface area (Å²) < 4.78 is 11.0. The summed E-state index contributed by atoms with van der Waals surface area (Å²) in [4.78, 5) is 4.49. The molecule has 0 bridgehead atoms. The fourth-order valence-electron chi connectivity index (χ4n) is 1.84. The monoisotopic (exact) mass is 274 g/mol. The number of aryl methyl sites for hydroxylation is 1. The van der Waals surface area contributed by atoms with Crippen LogP contribution in [0.4, 0.5) is 0 Å². The molecule has 4 nitrogen and oxygen atoms in total. The lowest BCUT2D eigenvalue weighted by molar-refractivity contribution is 0.259. The summed E-state index contributed by atoms with van der Waals surface area (Å²) in [6.07, 6.45) is 2.54. The van der Waals surface area contributed by atoms with Crippen LogP contribution in [-0.2, 0) is 19.6 Å². The van der Waals surface area contributed by atoms with Gasteiger partial charge in [-0.25, -0.2) is 4.98 Å². The molecule has 0 aliphatic rings. The van der Waals surface area contributed by atoms with Crippen molar-refractivity contribution >= 4 is 0 Å². The number of ether oxygens (including phenoxy) is 1. The third kappa shape index (κ3) is 4.38. The molecule has 0 radical (unpaired) electrons. The van der Waals surface area contributed by atoms with Crippen LogP contribution < -0.4 is 10.1 Å². The van der Waals surface area contributed by atoms with Crippen LogP contribution in [0.15, 0.2) is 34.9 Å². The van der Waals surface area contributed by atoms with E-state index in [0.717, 1.165) is 24.4 Å². The lowest BCUT2D eigenvalue weighted by Gasteiger charge is -2.11. The van der Waals surface area contributed by atoms with Gasteiger partial charge in [0.05, 0.1) is 6.26 Å². The Bertz CT molecular complexity index is 521. The first-order chi connectivity index (χ1) is 9.67. The number of hydrogen-bond donors (Lipinski definition) is 1. The van der Waals surface area contributed by atoms with Gasteiger partial charge in [0.15, 0.2) is 0 Å². The molecule has 20 heavy (non-hydrogen) atoms. The van der Waals surface area contributed by atoms with Crippen LogP contribution in [0.5, 0.6) is 5.88 Å². The summed E-state index contributed by atoms with van der Waals surface area (Å²) in [5.74, 6) is 1.46. The number of nitrogens with zero attached hydrogens (tertiary/aromatic N) is 1. The van der Waals surface area contributed by atoms with Gasteiger partial charge in [-0.2, -0.15) is 0 Å². The lowest BCUT2D eigenvalue weighted by Crippen LogP contribution is -2.22. The third-order valence-electron chi connectivity index (χ3n) is 2.93. The Labute approximate surface area is 120 Å². The quantitative estimate of drug-likeness (QED) is 0.841. The molecule has 0 amide bonds. The number of aromatic nitrogens is 1. The van der Waals surface area contributed by atoms with Crippen molar-refractivity contribution in [3.8, 4) is 5.88 Å². The van der Waals surface area contributed by atoms with Gasteiger partial charge in [-0.05, 0) is 30.2 Å². The van der Waals surface area contributed by atoms with E-state index in [9.17, 15) is 0 Å².